The van der Waals surface area contributed by atoms with E-state index in [-0.39, 0.29) is 5.97 Å². The fourth-order valence-corrected chi connectivity index (χ4v) is 2.68. The molecule has 0 saturated heterocycles. The van der Waals surface area contributed by atoms with Gasteiger partial charge < -0.3 is 9.47 Å². The van der Waals surface area contributed by atoms with E-state index in [9.17, 15) is 9.59 Å². The van der Waals surface area contributed by atoms with Gasteiger partial charge in [-0.25, -0.2) is 0 Å². The molecule has 4 heteroatoms. The van der Waals surface area contributed by atoms with E-state index in [1.165, 1.54) is 14.2 Å². The van der Waals surface area contributed by atoms with E-state index in [1.54, 1.807) is 0 Å². The molecule has 0 aliphatic heterocycles. The van der Waals surface area contributed by atoms with Crippen molar-refractivity contribution >= 4 is 17.5 Å². The molecule has 2 rings (SSSR count). The molecule has 1 aromatic rings. The SMILES string of the molecule is COC(=O)C1CCC=C(c2ccccc2)C1C(=O)OC. The average Bonchev–Trinajstić information content (AvgIpc) is 2.53. The van der Waals surface area contributed by atoms with Crippen LogP contribution < -0.4 is 0 Å². The Morgan fingerprint density at radius 3 is 2.30 bits per heavy atom. The molecule has 0 aromatic heterocycles. The van der Waals surface area contributed by atoms with Gasteiger partial charge in [0.25, 0.3) is 0 Å². The van der Waals surface area contributed by atoms with Gasteiger partial charge in [-0.2, -0.15) is 0 Å². The van der Waals surface area contributed by atoms with E-state index < -0.39 is 17.8 Å². The first-order valence-corrected chi connectivity index (χ1v) is 6.60. The van der Waals surface area contributed by atoms with Gasteiger partial charge >= 0.3 is 11.9 Å². The van der Waals surface area contributed by atoms with Crippen LogP contribution in [0.4, 0.5) is 0 Å². The lowest BCUT2D eigenvalue weighted by atomic mass is 9.76. The summed E-state index contributed by atoms with van der Waals surface area (Å²) in [5, 5.41) is 0. The summed E-state index contributed by atoms with van der Waals surface area (Å²) in [6.07, 6.45) is 3.36. The van der Waals surface area contributed by atoms with Gasteiger partial charge in [0.15, 0.2) is 0 Å². The van der Waals surface area contributed by atoms with Crippen LogP contribution in [0.2, 0.25) is 0 Å². The number of esters is 2. The van der Waals surface area contributed by atoms with Crippen LogP contribution in [-0.2, 0) is 19.1 Å². The first-order valence-electron chi connectivity index (χ1n) is 6.60. The van der Waals surface area contributed by atoms with Crippen molar-refractivity contribution in [2.45, 2.75) is 12.8 Å². The average molecular weight is 274 g/mol. The van der Waals surface area contributed by atoms with Crippen LogP contribution in [0.25, 0.3) is 5.57 Å². The summed E-state index contributed by atoms with van der Waals surface area (Å²) in [6.45, 7) is 0. The van der Waals surface area contributed by atoms with Crippen LogP contribution in [0.3, 0.4) is 0 Å². The van der Waals surface area contributed by atoms with Gasteiger partial charge in [0, 0.05) is 0 Å². The fraction of sp³-hybridized carbons (Fsp3) is 0.375. The summed E-state index contributed by atoms with van der Waals surface area (Å²) in [5.41, 5.74) is 1.79. The van der Waals surface area contributed by atoms with Gasteiger partial charge in [0.2, 0.25) is 0 Å². The standard InChI is InChI=1S/C16H18O4/c1-19-15(17)13-10-6-9-12(14(13)16(18)20-2)11-7-4-3-5-8-11/h3-5,7-9,13-14H,6,10H2,1-2H3. The van der Waals surface area contributed by atoms with Crippen molar-refractivity contribution in [2.24, 2.45) is 11.8 Å². The summed E-state index contributed by atoms with van der Waals surface area (Å²) < 4.78 is 9.70. The van der Waals surface area contributed by atoms with Crippen LogP contribution in [0.15, 0.2) is 36.4 Å². The van der Waals surface area contributed by atoms with Crippen molar-refractivity contribution < 1.29 is 19.1 Å². The highest BCUT2D eigenvalue weighted by atomic mass is 16.5. The third-order valence-corrected chi connectivity index (χ3v) is 3.65. The third-order valence-electron chi connectivity index (χ3n) is 3.65. The maximum absolute atomic E-state index is 12.1. The van der Waals surface area contributed by atoms with E-state index >= 15 is 0 Å². The van der Waals surface area contributed by atoms with Crippen LogP contribution >= 0.6 is 0 Å². The number of carbonyl (C=O) groups is 2. The molecular weight excluding hydrogens is 256 g/mol. The highest BCUT2D eigenvalue weighted by Crippen LogP contribution is 2.38. The monoisotopic (exact) mass is 274 g/mol. The molecule has 1 aliphatic carbocycles. The molecule has 1 aromatic carbocycles. The molecule has 0 spiro atoms. The number of hydrogen-bond acceptors (Lipinski definition) is 4. The van der Waals surface area contributed by atoms with Gasteiger partial charge in [0.05, 0.1) is 26.1 Å². The van der Waals surface area contributed by atoms with Gasteiger partial charge in [0.1, 0.15) is 0 Å². The van der Waals surface area contributed by atoms with Gasteiger partial charge in [-0.05, 0) is 24.0 Å². The highest BCUT2D eigenvalue weighted by Gasteiger charge is 2.40. The number of allylic oxidation sites excluding steroid dienone is 1. The lowest BCUT2D eigenvalue weighted by molar-refractivity contribution is -0.155. The number of rotatable bonds is 3. The summed E-state index contributed by atoms with van der Waals surface area (Å²) in [6, 6.07) is 9.60. The number of methoxy groups -OCH3 is 2. The highest BCUT2D eigenvalue weighted by molar-refractivity contribution is 5.94. The number of hydrogen-bond donors (Lipinski definition) is 0. The summed E-state index contributed by atoms with van der Waals surface area (Å²) in [5.74, 6) is -1.83. The molecule has 2 unspecified atom stereocenters. The van der Waals surface area contributed by atoms with Crippen molar-refractivity contribution in [3.8, 4) is 0 Å². The summed E-state index contributed by atoms with van der Waals surface area (Å²) in [7, 11) is 2.69. The Morgan fingerprint density at radius 1 is 1.05 bits per heavy atom. The van der Waals surface area contributed by atoms with Crippen molar-refractivity contribution in [3.63, 3.8) is 0 Å². The minimum Gasteiger partial charge on any atom is -0.469 e. The fourth-order valence-electron chi connectivity index (χ4n) is 2.68. The van der Waals surface area contributed by atoms with Crippen molar-refractivity contribution in [1.82, 2.24) is 0 Å². The molecule has 20 heavy (non-hydrogen) atoms. The van der Waals surface area contributed by atoms with Crippen molar-refractivity contribution in [2.75, 3.05) is 14.2 Å². The summed E-state index contributed by atoms with van der Waals surface area (Å²) in [4.78, 5) is 24.0. The van der Waals surface area contributed by atoms with E-state index in [1.807, 2.05) is 36.4 Å². The second kappa shape index (κ2) is 6.37. The molecule has 4 nitrogen and oxygen atoms in total. The lowest BCUT2D eigenvalue weighted by Gasteiger charge is -2.29. The molecule has 0 radical (unpaired) electrons. The normalized spacial score (nSPS) is 21.8. The zero-order chi connectivity index (χ0) is 14.5. The van der Waals surface area contributed by atoms with Crippen molar-refractivity contribution in [3.05, 3.63) is 42.0 Å². The zero-order valence-electron chi connectivity index (χ0n) is 11.7. The smallest absolute Gasteiger partial charge is 0.314 e. The molecule has 1 aliphatic rings. The number of ether oxygens (including phenoxy) is 2. The minimum absolute atomic E-state index is 0.359. The predicted octanol–water partition coefficient (Wildman–Crippen LogP) is 2.44. The van der Waals surface area contributed by atoms with Crippen LogP contribution in [0.5, 0.6) is 0 Å². The zero-order valence-corrected chi connectivity index (χ0v) is 11.7. The number of carbonyl (C=O) groups excluding carboxylic acids is 2. The molecular formula is C16H18O4. The minimum atomic E-state index is -0.594. The molecule has 0 heterocycles. The second-order valence-electron chi connectivity index (χ2n) is 4.73. The Morgan fingerprint density at radius 2 is 1.70 bits per heavy atom. The Balaban J connectivity index is 2.41. The van der Waals surface area contributed by atoms with E-state index in [2.05, 4.69) is 0 Å². The third kappa shape index (κ3) is 2.74. The lowest BCUT2D eigenvalue weighted by Crippen LogP contribution is -2.34. The molecule has 0 fully saturated rings. The Hall–Kier alpha value is -2.10. The molecule has 0 N–H and O–H groups in total. The quantitative estimate of drug-likeness (QED) is 0.794. The first-order chi connectivity index (χ1) is 9.69. The molecule has 0 amide bonds. The van der Waals surface area contributed by atoms with E-state index in [0.717, 1.165) is 17.6 Å². The Kier molecular flexibility index (Phi) is 4.56. The predicted molar refractivity (Wildman–Crippen MR) is 74.7 cm³/mol. The van der Waals surface area contributed by atoms with Gasteiger partial charge in [-0.3, -0.25) is 9.59 Å². The largest absolute Gasteiger partial charge is 0.469 e. The van der Waals surface area contributed by atoms with Crippen LogP contribution in [-0.4, -0.2) is 26.2 Å². The van der Waals surface area contributed by atoms with Crippen LogP contribution in [0, 0.1) is 11.8 Å². The van der Waals surface area contributed by atoms with Gasteiger partial charge in [-0.15, -0.1) is 0 Å². The molecule has 2 atom stereocenters. The summed E-state index contributed by atoms with van der Waals surface area (Å²) >= 11 is 0. The van der Waals surface area contributed by atoms with Crippen LogP contribution in [0.1, 0.15) is 18.4 Å². The number of benzene rings is 1. The maximum Gasteiger partial charge on any atom is 0.314 e. The van der Waals surface area contributed by atoms with Crippen molar-refractivity contribution in [1.29, 1.82) is 0 Å². The molecule has 106 valence electrons. The topological polar surface area (TPSA) is 52.6 Å². The Bertz CT molecular complexity index is 519. The first kappa shape index (κ1) is 14.3. The van der Waals surface area contributed by atoms with E-state index in [0.29, 0.717) is 6.42 Å². The Labute approximate surface area is 118 Å². The molecule has 0 saturated carbocycles. The maximum atomic E-state index is 12.1. The van der Waals surface area contributed by atoms with E-state index in [4.69, 9.17) is 9.47 Å². The second-order valence-corrected chi connectivity index (χ2v) is 4.73. The molecule has 0 bridgehead atoms. The van der Waals surface area contributed by atoms with Gasteiger partial charge in [-0.1, -0.05) is 36.4 Å².